The second-order valence-electron chi connectivity index (χ2n) is 5.51. The lowest BCUT2D eigenvalue weighted by molar-refractivity contribution is -0.122. The number of nitrogens with one attached hydrogen (secondary N) is 1. The number of carboxylic acids is 1. The number of nitrogens with zero attached hydrogens (tertiary/aromatic N) is 2. The highest BCUT2D eigenvalue weighted by molar-refractivity contribution is 5.86. The van der Waals surface area contributed by atoms with Gasteiger partial charge in [0.1, 0.15) is 12.2 Å². The van der Waals surface area contributed by atoms with Crippen LogP contribution in [0.4, 0.5) is 0 Å². The fourth-order valence-electron chi connectivity index (χ4n) is 1.97. The zero-order chi connectivity index (χ0) is 15.3. The Balaban J connectivity index is 2.66. The van der Waals surface area contributed by atoms with Crippen LogP contribution in [0.3, 0.4) is 0 Å². The molecule has 0 spiro atoms. The summed E-state index contributed by atoms with van der Waals surface area (Å²) in [5.74, 6) is -0.897. The average molecular weight is 281 g/mol. The van der Waals surface area contributed by atoms with Gasteiger partial charge in [-0.3, -0.25) is 4.79 Å². The van der Waals surface area contributed by atoms with Crippen molar-refractivity contribution >= 4 is 11.9 Å². The molecule has 6 heteroatoms. The molecule has 0 bridgehead atoms. The van der Waals surface area contributed by atoms with Gasteiger partial charge in [0, 0.05) is 18.8 Å². The Hall–Kier alpha value is -1.82. The van der Waals surface area contributed by atoms with E-state index in [-0.39, 0.29) is 24.2 Å². The third-order valence-electron chi connectivity index (χ3n) is 3.08. The number of aromatic nitrogens is 1. The molecule has 1 amide bonds. The Morgan fingerprint density at radius 1 is 1.40 bits per heavy atom. The van der Waals surface area contributed by atoms with Crippen LogP contribution in [0, 0.1) is 5.92 Å². The van der Waals surface area contributed by atoms with Crippen molar-refractivity contribution in [2.45, 2.75) is 26.4 Å². The highest BCUT2D eigenvalue weighted by Crippen LogP contribution is 2.05. The van der Waals surface area contributed by atoms with Crippen LogP contribution in [0.15, 0.2) is 18.3 Å². The van der Waals surface area contributed by atoms with Gasteiger partial charge in [-0.15, -0.1) is 0 Å². The SMILES string of the molecule is CC(C)C(CN(C)C)NC(=O)Cn1cccc1C(=O)O. The quantitative estimate of drug-likeness (QED) is 0.778. The van der Waals surface area contributed by atoms with Crippen LogP contribution in [0.25, 0.3) is 0 Å². The second-order valence-corrected chi connectivity index (χ2v) is 5.51. The summed E-state index contributed by atoms with van der Waals surface area (Å²) >= 11 is 0. The lowest BCUT2D eigenvalue weighted by Crippen LogP contribution is -2.46. The number of amides is 1. The fraction of sp³-hybridized carbons (Fsp3) is 0.571. The van der Waals surface area contributed by atoms with E-state index < -0.39 is 5.97 Å². The van der Waals surface area contributed by atoms with Gasteiger partial charge >= 0.3 is 5.97 Å². The molecular formula is C14H23N3O3. The normalized spacial score (nSPS) is 12.7. The summed E-state index contributed by atoms with van der Waals surface area (Å²) in [5.41, 5.74) is 0.119. The molecule has 0 saturated heterocycles. The first kappa shape index (κ1) is 16.2. The third kappa shape index (κ3) is 4.70. The Morgan fingerprint density at radius 3 is 2.55 bits per heavy atom. The number of carbonyl (C=O) groups is 2. The predicted octanol–water partition coefficient (Wildman–Crippen LogP) is 0.889. The van der Waals surface area contributed by atoms with Crippen LogP contribution in [0.5, 0.6) is 0 Å². The molecule has 1 rings (SSSR count). The number of likely N-dealkylation sites (N-methyl/N-ethyl adjacent to an activating group) is 1. The van der Waals surface area contributed by atoms with Crippen molar-refractivity contribution in [2.24, 2.45) is 5.92 Å². The lowest BCUT2D eigenvalue weighted by Gasteiger charge is -2.25. The molecule has 0 saturated carbocycles. The molecule has 0 aliphatic heterocycles. The molecule has 1 aromatic heterocycles. The van der Waals surface area contributed by atoms with Crippen molar-refractivity contribution < 1.29 is 14.7 Å². The molecule has 1 heterocycles. The average Bonchev–Trinajstić information content (AvgIpc) is 2.75. The molecule has 6 nitrogen and oxygen atoms in total. The van der Waals surface area contributed by atoms with Gasteiger partial charge in [0.25, 0.3) is 0 Å². The maximum atomic E-state index is 12.0. The molecule has 0 aromatic carbocycles. The fourth-order valence-corrected chi connectivity index (χ4v) is 1.97. The molecular weight excluding hydrogens is 258 g/mol. The lowest BCUT2D eigenvalue weighted by atomic mass is 10.0. The van der Waals surface area contributed by atoms with Crippen LogP contribution in [-0.4, -0.2) is 53.1 Å². The van der Waals surface area contributed by atoms with Gasteiger partial charge in [-0.25, -0.2) is 4.79 Å². The van der Waals surface area contributed by atoms with Crippen LogP contribution < -0.4 is 5.32 Å². The number of hydrogen-bond donors (Lipinski definition) is 2. The highest BCUT2D eigenvalue weighted by atomic mass is 16.4. The Kier molecular flexibility index (Phi) is 5.76. The summed E-state index contributed by atoms with van der Waals surface area (Å²) in [6.07, 6.45) is 1.60. The summed E-state index contributed by atoms with van der Waals surface area (Å²) in [5, 5.41) is 12.0. The topological polar surface area (TPSA) is 74.6 Å². The third-order valence-corrected chi connectivity index (χ3v) is 3.08. The molecule has 1 atom stereocenters. The van der Waals surface area contributed by atoms with Crippen LogP contribution >= 0.6 is 0 Å². The zero-order valence-electron chi connectivity index (χ0n) is 12.5. The summed E-state index contributed by atoms with van der Waals surface area (Å²) < 4.78 is 1.44. The minimum atomic E-state index is -1.03. The minimum Gasteiger partial charge on any atom is -0.477 e. The Morgan fingerprint density at radius 2 is 2.05 bits per heavy atom. The van der Waals surface area contributed by atoms with Crippen molar-refractivity contribution in [3.05, 3.63) is 24.0 Å². The molecule has 0 radical (unpaired) electrons. The minimum absolute atomic E-state index is 0.0191. The summed E-state index contributed by atoms with van der Waals surface area (Å²) in [6.45, 7) is 4.87. The van der Waals surface area contributed by atoms with Crippen molar-refractivity contribution in [3.8, 4) is 0 Å². The highest BCUT2D eigenvalue weighted by Gasteiger charge is 2.18. The Bertz CT molecular complexity index is 466. The molecule has 112 valence electrons. The van der Waals surface area contributed by atoms with E-state index in [2.05, 4.69) is 5.32 Å². The molecule has 0 aliphatic carbocycles. The van der Waals surface area contributed by atoms with Crippen LogP contribution in [0.1, 0.15) is 24.3 Å². The first-order valence-electron chi connectivity index (χ1n) is 6.63. The van der Waals surface area contributed by atoms with Gasteiger partial charge in [0.2, 0.25) is 5.91 Å². The number of rotatable bonds is 7. The van der Waals surface area contributed by atoms with E-state index in [9.17, 15) is 9.59 Å². The maximum absolute atomic E-state index is 12.0. The molecule has 2 N–H and O–H groups in total. The molecule has 20 heavy (non-hydrogen) atoms. The summed E-state index contributed by atoms with van der Waals surface area (Å²) in [7, 11) is 3.91. The van der Waals surface area contributed by atoms with Crippen LogP contribution in [0.2, 0.25) is 0 Å². The predicted molar refractivity (Wildman–Crippen MR) is 76.7 cm³/mol. The largest absolute Gasteiger partial charge is 0.477 e. The van der Waals surface area contributed by atoms with Gasteiger partial charge in [0.15, 0.2) is 0 Å². The van der Waals surface area contributed by atoms with E-state index in [1.165, 1.54) is 10.6 Å². The van der Waals surface area contributed by atoms with Gasteiger partial charge in [-0.1, -0.05) is 13.8 Å². The molecule has 1 unspecified atom stereocenters. The van der Waals surface area contributed by atoms with Crippen molar-refractivity contribution in [1.82, 2.24) is 14.8 Å². The first-order valence-corrected chi connectivity index (χ1v) is 6.63. The van der Waals surface area contributed by atoms with E-state index in [0.29, 0.717) is 5.92 Å². The standard InChI is InChI=1S/C14H23N3O3/c1-10(2)11(8-16(3)4)15-13(18)9-17-7-5-6-12(17)14(19)20/h5-7,10-11H,8-9H2,1-4H3,(H,15,18)(H,19,20). The van der Waals surface area contributed by atoms with Crippen LogP contribution in [-0.2, 0) is 11.3 Å². The van der Waals surface area contributed by atoms with Crippen molar-refractivity contribution in [3.63, 3.8) is 0 Å². The number of carbonyl (C=O) groups excluding carboxylic acids is 1. The molecule has 0 fully saturated rings. The van der Waals surface area contributed by atoms with Gasteiger partial charge in [-0.2, -0.15) is 0 Å². The van der Waals surface area contributed by atoms with Crippen molar-refractivity contribution in [2.75, 3.05) is 20.6 Å². The molecule has 0 aliphatic rings. The molecule has 1 aromatic rings. The smallest absolute Gasteiger partial charge is 0.352 e. The maximum Gasteiger partial charge on any atom is 0.352 e. The summed E-state index contributed by atoms with van der Waals surface area (Å²) in [4.78, 5) is 25.0. The number of aromatic carboxylic acids is 1. The first-order chi connectivity index (χ1) is 9.31. The van der Waals surface area contributed by atoms with E-state index >= 15 is 0 Å². The van der Waals surface area contributed by atoms with Gasteiger partial charge < -0.3 is 19.9 Å². The van der Waals surface area contributed by atoms with Gasteiger partial charge in [0.05, 0.1) is 0 Å². The second kappa shape index (κ2) is 7.09. The Labute approximate surface area is 119 Å². The van der Waals surface area contributed by atoms with E-state index in [4.69, 9.17) is 5.11 Å². The zero-order valence-corrected chi connectivity index (χ0v) is 12.5. The van der Waals surface area contributed by atoms with Gasteiger partial charge in [-0.05, 0) is 32.1 Å². The van der Waals surface area contributed by atoms with Crippen molar-refractivity contribution in [1.29, 1.82) is 0 Å². The summed E-state index contributed by atoms with van der Waals surface area (Å²) in [6, 6.07) is 3.15. The van der Waals surface area contributed by atoms with E-state index in [1.807, 2.05) is 32.8 Å². The number of hydrogen-bond acceptors (Lipinski definition) is 3. The van der Waals surface area contributed by atoms with E-state index in [0.717, 1.165) is 6.54 Å². The monoisotopic (exact) mass is 281 g/mol. The van der Waals surface area contributed by atoms with E-state index in [1.54, 1.807) is 12.3 Å². The number of carboxylic acid groups (broad SMARTS) is 1.